The first-order chi connectivity index (χ1) is 28.7. The summed E-state index contributed by atoms with van der Waals surface area (Å²) in [5.74, 6) is 0.557. The van der Waals surface area contributed by atoms with E-state index in [4.69, 9.17) is 13.8 Å². The van der Waals surface area contributed by atoms with Crippen LogP contribution in [0.3, 0.4) is 0 Å². The fourth-order valence-electron chi connectivity index (χ4n) is 8.13. The van der Waals surface area contributed by atoms with Gasteiger partial charge in [0.15, 0.2) is 5.58 Å². The molecule has 5 nitrogen and oxygen atoms in total. The minimum absolute atomic E-state index is 0.557. The lowest BCUT2D eigenvalue weighted by molar-refractivity contribution is 0.620. The van der Waals surface area contributed by atoms with Gasteiger partial charge in [0.1, 0.15) is 16.7 Å². The standard InChI is InChI=1S/C53H35N3O2/c1-4-17-37(18-5-1)44-24-12-14-26-48(44)56(41-22-8-3-9-23-41)49-35-43(34-47-52(49)58-53(54-47)39-29-28-36-16-10-11-19-38(36)32-39)55(40-20-6-2-7-21-40)42-30-31-51-46(33-42)45-25-13-15-27-50(45)57-51/h1-35H. The van der Waals surface area contributed by atoms with Crippen molar-refractivity contribution in [2.75, 3.05) is 9.80 Å². The molecule has 0 aliphatic heterocycles. The number of para-hydroxylation sites is 4. The monoisotopic (exact) mass is 745 g/mol. The van der Waals surface area contributed by atoms with Gasteiger partial charge in [-0.05, 0) is 95.2 Å². The zero-order valence-electron chi connectivity index (χ0n) is 31.4. The molecule has 0 N–H and O–H groups in total. The Bertz CT molecular complexity index is 3240. The number of oxazole rings is 1. The van der Waals surface area contributed by atoms with Crippen LogP contribution in [0.4, 0.5) is 34.1 Å². The molecule has 0 spiro atoms. The third-order valence-corrected chi connectivity index (χ3v) is 10.8. The van der Waals surface area contributed by atoms with E-state index >= 15 is 0 Å². The van der Waals surface area contributed by atoms with E-state index in [2.05, 4.69) is 204 Å². The van der Waals surface area contributed by atoms with Crippen LogP contribution in [0, 0.1) is 0 Å². The van der Waals surface area contributed by atoms with E-state index < -0.39 is 0 Å². The number of furan rings is 1. The van der Waals surface area contributed by atoms with E-state index in [0.29, 0.717) is 11.5 Å². The third-order valence-electron chi connectivity index (χ3n) is 10.8. The van der Waals surface area contributed by atoms with Gasteiger partial charge in [0.2, 0.25) is 5.89 Å². The summed E-state index contributed by atoms with van der Waals surface area (Å²) in [7, 11) is 0. The van der Waals surface area contributed by atoms with Crippen molar-refractivity contribution in [2.45, 2.75) is 0 Å². The highest BCUT2D eigenvalue weighted by molar-refractivity contribution is 6.07. The van der Waals surface area contributed by atoms with Gasteiger partial charge in [-0.3, -0.25) is 0 Å². The number of hydrogen-bond donors (Lipinski definition) is 0. The Morgan fingerprint density at radius 3 is 1.83 bits per heavy atom. The van der Waals surface area contributed by atoms with E-state index in [0.717, 1.165) is 83.7 Å². The average Bonchev–Trinajstić information content (AvgIpc) is 3.90. The van der Waals surface area contributed by atoms with Crippen molar-refractivity contribution >= 4 is 77.9 Å². The summed E-state index contributed by atoms with van der Waals surface area (Å²) >= 11 is 0. The van der Waals surface area contributed by atoms with Gasteiger partial charge in [0.05, 0.1) is 17.1 Å². The first kappa shape index (κ1) is 33.4. The molecule has 11 rings (SSSR count). The molecule has 0 fully saturated rings. The second-order valence-electron chi connectivity index (χ2n) is 14.4. The normalized spacial score (nSPS) is 11.4. The lowest BCUT2D eigenvalue weighted by Crippen LogP contribution is -2.14. The fraction of sp³-hybridized carbons (Fsp3) is 0. The Morgan fingerprint density at radius 1 is 0.362 bits per heavy atom. The van der Waals surface area contributed by atoms with Gasteiger partial charge in [0.25, 0.3) is 0 Å². The smallest absolute Gasteiger partial charge is 0.227 e. The molecule has 11 aromatic rings. The van der Waals surface area contributed by atoms with E-state index in [1.807, 2.05) is 18.2 Å². The van der Waals surface area contributed by atoms with E-state index in [9.17, 15) is 0 Å². The molecule has 2 aromatic heterocycles. The van der Waals surface area contributed by atoms with Crippen molar-refractivity contribution in [2.24, 2.45) is 0 Å². The van der Waals surface area contributed by atoms with Crippen molar-refractivity contribution < 1.29 is 8.83 Å². The number of nitrogens with zero attached hydrogens (tertiary/aromatic N) is 3. The molecule has 0 amide bonds. The van der Waals surface area contributed by atoms with Gasteiger partial charge < -0.3 is 18.6 Å². The molecule has 0 saturated heterocycles. The molecule has 274 valence electrons. The molecule has 2 heterocycles. The van der Waals surface area contributed by atoms with Gasteiger partial charge in [-0.25, -0.2) is 4.98 Å². The minimum Gasteiger partial charge on any atom is -0.456 e. The van der Waals surface area contributed by atoms with Crippen LogP contribution in [-0.2, 0) is 0 Å². The van der Waals surface area contributed by atoms with Crippen LogP contribution in [0.1, 0.15) is 0 Å². The molecular formula is C53H35N3O2. The number of anilines is 6. The van der Waals surface area contributed by atoms with Gasteiger partial charge in [0, 0.05) is 39.0 Å². The SMILES string of the molecule is c1ccc(-c2ccccc2N(c2ccccc2)c2cc(N(c3ccccc3)c3ccc4oc5ccccc5c4c3)cc3nc(-c4ccc5ccccc5c4)oc23)cc1. The summed E-state index contributed by atoms with van der Waals surface area (Å²) < 4.78 is 13.2. The molecule has 0 aliphatic rings. The fourth-order valence-corrected chi connectivity index (χ4v) is 8.13. The molecule has 9 aromatic carbocycles. The third kappa shape index (κ3) is 5.85. The largest absolute Gasteiger partial charge is 0.456 e. The number of hydrogen-bond acceptors (Lipinski definition) is 5. The predicted octanol–water partition coefficient (Wildman–Crippen LogP) is 15.2. The van der Waals surface area contributed by atoms with Gasteiger partial charge >= 0.3 is 0 Å². The van der Waals surface area contributed by atoms with Crippen molar-refractivity contribution in [1.29, 1.82) is 0 Å². The number of aromatic nitrogens is 1. The van der Waals surface area contributed by atoms with Crippen LogP contribution in [0.25, 0.3) is 66.4 Å². The molecule has 0 aliphatic carbocycles. The van der Waals surface area contributed by atoms with Crippen molar-refractivity contribution in [3.05, 3.63) is 212 Å². The van der Waals surface area contributed by atoms with Crippen LogP contribution < -0.4 is 9.80 Å². The van der Waals surface area contributed by atoms with E-state index in [1.54, 1.807) is 0 Å². The first-order valence-electron chi connectivity index (χ1n) is 19.5. The topological polar surface area (TPSA) is 45.7 Å². The maximum atomic E-state index is 6.96. The Morgan fingerprint density at radius 2 is 1.02 bits per heavy atom. The number of fused-ring (bicyclic) bond motifs is 5. The molecule has 5 heteroatoms. The Labute approximate surface area is 335 Å². The van der Waals surface area contributed by atoms with E-state index in [1.165, 1.54) is 5.39 Å². The van der Waals surface area contributed by atoms with Crippen molar-refractivity contribution in [1.82, 2.24) is 4.98 Å². The maximum absolute atomic E-state index is 6.96. The van der Waals surface area contributed by atoms with Gasteiger partial charge in [-0.15, -0.1) is 0 Å². The Balaban J connectivity index is 1.20. The van der Waals surface area contributed by atoms with Crippen LogP contribution in [0.2, 0.25) is 0 Å². The first-order valence-corrected chi connectivity index (χ1v) is 19.5. The summed E-state index contributed by atoms with van der Waals surface area (Å²) in [5, 5.41) is 4.42. The molecule has 0 bridgehead atoms. The number of benzene rings is 9. The molecule has 0 unspecified atom stereocenters. The lowest BCUT2D eigenvalue weighted by Gasteiger charge is -2.30. The van der Waals surface area contributed by atoms with Crippen LogP contribution in [-0.4, -0.2) is 4.98 Å². The number of rotatable bonds is 8. The minimum atomic E-state index is 0.557. The molecule has 0 saturated carbocycles. The second-order valence-corrected chi connectivity index (χ2v) is 14.4. The van der Waals surface area contributed by atoms with Crippen molar-refractivity contribution in [3.8, 4) is 22.6 Å². The van der Waals surface area contributed by atoms with Crippen LogP contribution in [0.15, 0.2) is 221 Å². The molecular weight excluding hydrogens is 711 g/mol. The average molecular weight is 746 g/mol. The highest BCUT2D eigenvalue weighted by Gasteiger charge is 2.26. The lowest BCUT2D eigenvalue weighted by atomic mass is 10.0. The summed E-state index contributed by atoms with van der Waals surface area (Å²) in [5.41, 5.74) is 12.0. The van der Waals surface area contributed by atoms with Crippen molar-refractivity contribution in [3.63, 3.8) is 0 Å². The second kappa shape index (κ2) is 14.0. The predicted molar refractivity (Wildman–Crippen MR) is 239 cm³/mol. The van der Waals surface area contributed by atoms with Crippen LogP contribution in [0.5, 0.6) is 0 Å². The Hall–Kier alpha value is -7.89. The Kier molecular flexibility index (Phi) is 8.07. The maximum Gasteiger partial charge on any atom is 0.227 e. The zero-order valence-corrected chi connectivity index (χ0v) is 31.4. The highest BCUT2D eigenvalue weighted by Crippen LogP contribution is 2.48. The summed E-state index contributed by atoms with van der Waals surface area (Å²) in [6, 6.07) is 73.9. The quantitative estimate of drug-likeness (QED) is 0.155. The summed E-state index contributed by atoms with van der Waals surface area (Å²) in [6.07, 6.45) is 0. The summed E-state index contributed by atoms with van der Waals surface area (Å²) in [6.45, 7) is 0. The highest BCUT2D eigenvalue weighted by atomic mass is 16.3. The summed E-state index contributed by atoms with van der Waals surface area (Å²) in [4.78, 5) is 9.88. The zero-order chi connectivity index (χ0) is 38.4. The molecule has 0 radical (unpaired) electrons. The van der Waals surface area contributed by atoms with Gasteiger partial charge in [-0.1, -0.05) is 133 Å². The van der Waals surface area contributed by atoms with E-state index in [-0.39, 0.29) is 0 Å². The molecule has 0 atom stereocenters. The van der Waals surface area contributed by atoms with Crippen LogP contribution >= 0.6 is 0 Å². The van der Waals surface area contributed by atoms with Gasteiger partial charge in [-0.2, -0.15) is 0 Å². The molecule has 58 heavy (non-hydrogen) atoms.